The van der Waals surface area contributed by atoms with Crippen LogP contribution in [0.15, 0.2) is 30.3 Å². The molecule has 0 radical (unpaired) electrons. The van der Waals surface area contributed by atoms with E-state index < -0.39 is 0 Å². The van der Waals surface area contributed by atoms with Crippen molar-refractivity contribution in [3.05, 3.63) is 47.4 Å². The lowest BCUT2D eigenvalue weighted by Gasteiger charge is -2.32. The number of rotatable bonds is 5. The number of benzene rings is 1. The molecule has 0 aliphatic carbocycles. The molecule has 0 saturated carbocycles. The Labute approximate surface area is 154 Å². The van der Waals surface area contributed by atoms with Gasteiger partial charge < -0.3 is 14.4 Å². The van der Waals surface area contributed by atoms with Crippen LogP contribution in [0.2, 0.25) is 0 Å². The van der Waals surface area contributed by atoms with Crippen molar-refractivity contribution in [2.24, 2.45) is 0 Å². The van der Waals surface area contributed by atoms with E-state index in [1.54, 1.807) is 0 Å². The molecule has 1 fully saturated rings. The highest BCUT2D eigenvalue weighted by atomic mass is 16.5. The molecule has 26 heavy (non-hydrogen) atoms. The zero-order valence-electron chi connectivity index (χ0n) is 15.6. The molecule has 1 atom stereocenters. The van der Waals surface area contributed by atoms with Crippen molar-refractivity contribution < 1.29 is 14.3 Å². The van der Waals surface area contributed by atoms with Crippen LogP contribution in [0.3, 0.4) is 0 Å². The smallest absolute Gasteiger partial charge is 0.260 e. The van der Waals surface area contributed by atoms with Gasteiger partial charge in [0.15, 0.2) is 6.61 Å². The molecule has 0 N–H and O–H groups in total. The van der Waals surface area contributed by atoms with Crippen LogP contribution in [-0.2, 0) is 4.79 Å². The van der Waals surface area contributed by atoms with Crippen molar-refractivity contribution in [3.63, 3.8) is 0 Å². The Morgan fingerprint density at radius 2 is 1.96 bits per heavy atom. The first-order chi connectivity index (χ1) is 12.5. The van der Waals surface area contributed by atoms with Crippen molar-refractivity contribution >= 4 is 5.91 Å². The first-order valence-corrected chi connectivity index (χ1v) is 8.96. The fraction of sp³-hybridized carbons (Fsp3) is 0.450. The maximum absolute atomic E-state index is 12.5. The number of nitrogens with zero attached hydrogens (tertiary/aromatic N) is 3. The van der Waals surface area contributed by atoms with E-state index in [1.165, 1.54) is 0 Å². The van der Waals surface area contributed by atoms with E-state index in [9.17, 15) is 4.79 Å². The zero-order chi connectivity index (χ0) is 18.5. The fourth-order valence-electron chi connectivity index (χ4n) is 3.05. The van der Waals surface area contributed by atoms with Crippen molar-refractivity contribution in [2.75, 3.05) is 19.7 Å². The van der Waals surface area contributed by atoms with Crippen LogP contribution in [0.25, 0.3) is 0 Å². The Bertz CT molecular complexity index is 741. The van der Waals surface area contributed by atoms with Crippen molar-refractivity contribution in [3.8, 4) is 11.6 Å². The third-order valence-electron chi connectivity index (χ3n) is 4.34. The highest BCUT2D eigenvalue weighted by Crippen LogP contribution is 2.18. The average Bonchev–Trinajstić information content (AvgIpc) is 2.60. The molecule has 1 unspecified atom stereocenters. The summed E-state index contributed by atoms with van der Waals surface area (Å²) in [5.74, 6) is 1.95. The molecule has 0 bridgehead atoms. The average molecular weight is 355 g/mol. The fourth-order valence-corrected chi connectivity index (χ4v) is 3.05. The summed E-state index contributed by atoms with van der Waals surface area (Å²) in [6, 6.07) is 9.52. The van der Waals surface area contributed by atoms with Crippen LogP contribution in [0.4, 0.5) is 0 Å². The number of ether oxygens (including phenoxy) is 2. The molecule has 2 aromatic rings. The molecule has 3 rings (SSSR count). The van der Waals surface area contributed by atoms with E-state index in [1.807, 2.05) is 56.0 Å². The number of hydrogen-bond acceptors (Lipinski definition) is 5. The molecule has 6 heteroatoms. The Hall–Kier alpha value is -2.63. The van der Waals surface area contributed by atoms with Gasteiger partial charge in [0.1, 0.15) is 17.7 Å². The van der Waals surface area contributed by atoms with Crippen molar-refractivity contribution in [1.82, 2.24) is 14.9 Å². The van der Waals surface area contributed by atoms with Gasteiger partial charge in [0.2, 0.25) is 5.88 Å². The summed E-state index contributed by atoms with van der Waals surface area (Å²) in [6.07, 6.45) is 1.76. The lowest BCUT2D eigenvalue weighted by Crippen LogP contribution is -2.46. The standard InChI is InChI=1S/C20H25N3O3/c1-14-6-8-17(9-7-14)25-13-20(24)23-10-4-5-18(12-23)26-19-11-15(2)21-16(3)22-19/h6-9,11,18H,4-5,10,12-13H2,1-3H3. The number of amides is 1. The first kappa shape index (κ1) is 18.2. The molecule has 6 nitrogen and oxygen atoms in total. The Morgan fingerprint density at radius 1 is 1.19 bits per heavy atom. The van der Waals surface area contributed by atoms with Crippen LogP contribution < -0.4 is 9.47 Å². The van der Waals surface area contributed by atoms with Gasteiger partial charge in [0, 0.05) is 18.3 Å². The second kappa shape index (κ2) is 8.17. The molecule has 1 aliphatic rings. The quantitative estimate of drug-likeness (QED) is 0.825. The molecule has 1 aliphatic heterocycles. The summed E-state index contributed by atoms with van der Waals surface area (Å²) in [6.45, 7) is 7.11. The van der Waals surface area contributed by atoms with Gasteiger partial charge in [-0.3, -0.25) is 4.79 Å². The van der Waals surface area contributed by atoms with Crippen molar-refractivity contribution in [1.29, 1.82) is 0 Å². The highest BCUT2D eigenvalue weighted by molar-refractivity contribution is 5.77. The molecule has 138 valence electrons. The third kappa shape index (κ3) is 4.94. The topological polar surface area (TPSA) is 64.5 Å². The van der Waals surface area contributed by atoms with Gasteiger partial charge in [-0.1, -0.05) is 17.7 Å². The van der Waals surface area contributed by atoms with Gasteiger partial charge in [0.05, 0.1) is 6.54 Å². The number of hydrogen-bond donors (Lipinski definition) is 0. The van der Waals surface area contributed by atoms with E-state index in [2.05, 4.69) is 9.97 Å². The molecule has 1 aromatic heterocycles. The van der Waals surface area contributed by atoms with Gasteiger partial charge in [-0.25, -0.2) is 4.98 Å². The second-order valence-corrected chi connectivity index (χ2v) is 6.72. The predicted molar refractivity (Wildman–Crippen MR) is 98.4 cm³/mol. The SMILES string of the molecule is Cc1ccc(OCC(=O)N2CCCC(Oc3cc(C)nc(C)n3)C2)cc1. The van der Waals surface area contributed by atoms with E-state index in [4.69, 9.17) is 9.47 Å². The summed E-state index contributed by atoms with van der Waals surface area (Å²) in [5, 5.41) is 0. The number of aryl methyl sites for hydroxylation is 3. The largest absolute Gasteiger partial charge is 0.484 e. The summed E-state index contributed by atoms with van der Waals surface area (Å²) in [4.78, 5) is 22.8. The highest BCUT2D eigenvalue weighted by Gasteiger charge is 2.25. The number of aromatic nitrogens is 2. The minimum absolute atomic E-state index is 0.0195. The van der Waals surface area contributed by atoms with Gasteiger partial charge in [0.25, 0.3) is 5.91 Å². The predicted octanol–water partition coefficient (Wildman–Crippen LogP) is 2.85. The lowest BCUT2D eigenvalue weighted by atomic mass is 10.1. The summed E-state index contributed by atoms with van der Waals surface area (Å²) < 4.78 is 11.6. The van der Waals surface area contributed by atoms with Gasteiger partial charge in [-0.2, -0.15) is 4.98 Å². The van der Waals surface area contributed by atoms with E-state index >= 15 is 0 Å². The van der Waals surface area contributed by atoms with Gasteiger partial charge in [-0.05, 0) is 45.7 Å². The van der Waals surface area contributed by atoms with Crippen LogP contribution >= 0.6 is 0 Å². The van der Waals surface area contributed by atoms with Crippen LogP contribution in [0.5, 0.6) is 11.6 Å². The number of carbonyl (C=O) groups is 1. The van der Waals surface area contributed by atoms with Gasteiger partial charge in [-0.15, -0.1) is 0 Å². The number of likely N-dealkylation sites (tertiary alicyclic amines) is 1. The summed E-state index contributed by atoms with van der Waals surface area (Å²) >= 11 is 0. The Morgan fingerprint density at radius 3 is 2.69 bits per heavy atom. The molecule has 0 spiro atoms. The molecule has 2 heterocycles. The Kier molecular flexibility index (Phi) is 5.71. The molecule has 1 amide bonds. The second-order valence-electron chi connectivity index (χ2n) is 6.72. The number of carbonyl (C=O) groups excluding carboxylic acids is 1. The molecular formula is C20H25N3O3. The van der Waals surface area contributed by atoms with Crippen LogP contribution in [0, 0.1) is 20.8 Å². The molecule has 1 aromatic carbocycles. The maximum Gasteiger partial charge on any atom is 0.260 e. The molecular weight excluding hydrogens is 330 g/mol. The van der Waals surface area contributed by atoms with E-state index in [-0.39, 0.29) is 18.6 Å². The zero-order valence-corrected chi connectivity index (χ0v) is 15.6. The monoisotopic (exact) mass is 355 g/mol. The number of piperidine rings is 1. The third-order valence-corrected chi connectivity index (χ3v) is 4.34. The first-order valence-electron chi connectivity index (χ1n) is 8.96. The Balaban J connectivity index is 1.53. The lowest BCUT2D eigenvalue weighted by molar-refractivity contribution is -0.136. The van der Waals surface area contributed by atoms with Gasteiger partial charge >= 0.3 is 0 Å². The van der Waals surface area contributed by atoms with Crippen LogP contribution in [0.1, 0.15) is 29.9 Å². The van der Waals surface area contributed by atoms with E-state index in [0.717, 1.165) is 30.6 Å². The summed E-state index contributed by atoms with van der Waals surface area (Å²) in [5.41, 5.74) is 2.04. The molecule has 1 saturated heterocycles. The normalized spacial score (nSPS) is 17.0. The minimum Gasteiger partial charge on any atom is -0.484 e. The minimum atomic E-state index is -0.0548. The van der Waals surface area contributed by atoms with E-state index in [0.29, 0.717) is 24.0 Å². The van der Waals surface area contributed by atoms with Crippen LogP contribution in [-0.4, -0.2) is 46.6 Å². The summed E-state index contributed by atoms with van der Waals surface area (Å²) in [7, 11) is 0. The van der Waals surface area contributed by atoms with Crippen molar-refractivity contribution in [2.45, 2.75) is 39.7 Å². The maximum atomic E-state index is 12.5.